The summed E-state index contributed by atoms with van der Waals surface area (Å²) in [5, 5.41) is 5.70. The van der Waals surface area contributed by atoms with Gasteiger partial charge in [0.05, 0.1) is 12.4 Å². The third-order valence-electron chi connectivity index (χ3n) is 3.16. The summed E-state index contributed by atoms with van der Waals surface area (Å²) < 4.78 is 0. The highest BCUT2D eigenvalue weighted by molar-refractivity contribution is 7.99. The SMILES string of the molecule is CC.CC.CCC(CSCNC(C)=O)C(N)=O.CCC=O.CNCCCCN=C(N)CN. The van der Waals surface area contributed by atoms with E-state index in [0.29, 0.717) is 30.4 Å². The Kier molecular flexibility index (Phi) is 50.6. The van der Waals surface area contributed by atoms with E-state index < -0.39 is 0 Å². The van der Waals surface area contributed by atoms with Crippen LogP contribution in [0.4, 0.5) is 0 Å². The average Bonchev–Trinajstić information content (AvgIpc) is 2.81. The van der Waals surface area contributed by atoms with Crippen LogP contribution in [0.1, 0.15) is 74.1 Å². The molecule has 2 amide bonds. The monoisotopic (exact) mass is 480 g/mol. The van der Waals surface area contributed by atoms with E-state index in [2.05, 4.69) is 15.6 Å². The normalized spacial score (nSPS) is 10.2. The minimum atomic E-state index is -0.266. The van der Waals surface area contributed by atoms with Gasteiger partial charge in [-0.1, -0.05) is 41.5 Å². The van der Waals surface area contributed by atoms with Crippen molar-refractivity contribution in [3.8, 4) is 0 Å². The van der Waals surface area contributed by atoms with Gasteiger partial charge in [-0.2, -0.15) is 0 Å². The zero-order chi connectivity index (χ0) is 26.2. The van der Waals surface area contributed by atoms with Crippen molar-refractivity contribution in [2.75, 3.05) is 38.3 Å². The average molecular weight is 481 g/mol. The van der Waals surface area contributed by atoms with Crippen LogP contribution in [0.5, 0.6) is 0 Å². The lowest BCUT2D eigenvalue weighted by Gasteiger charge is -2.09. The van der Waals surface area contributed by atoms with E-state index in [0.717, 1.165) is 38.6 Å². The number of aliphatic imine (C=N–C) groups is 1. The predicted molar refractivity (Wildman–Crippen MR) is 142 cm³/mol. The Bertz CT molecular complexity index is 424. The molecule has 1 unspecified atom stereocenters. The van der Waals surface area contributed by atoms with E-state index in [1.807, 2.05) is 48.6 Å². The molecule has 0 bridgehead atoms. The van der Waals surface area contributed by atoms with Crippen LogP contribution in [0.15, 0.2) is 4.99 Å². The number of rotatable bonds is 13. The fourth-order valence-electron chi connectivity index (χ4n) is 1.46. The number of nitrogens with one attached hydrogen (secondary N) is 2. The Hall–Kier alpha value is -1.65. The Balaban J connectivity index is -0.000000115. The van der Waals surface area contributed by atoms with Crippen molar-refractivity contribution in [1.82, 2.24) is 10.6 Å². The third-order valence-corrected chi connectivity index (χ3v) is 4.15. The maximum atomic E-state index is 10.8. The molecule has 0 spiro atoms. The van der Waals surface area contributed by atoms with Gasteiger partial charge < -0.3 is 32.6 Å². The van der Waals surface area contributed by atoms with Crippen LogP contribution in [0.2, 0.25) is 0 Å². The van der Waals surface area contributed by atoms with Crippen molar-refractivity contribution in [2.45, 2.75) is 74.1 Å². The molecule has 8 N–H and O–H groups in total. The fraction of sp³-hybridized carbons (Fsp3) is 0.818. The molecule has 0 saturated heterocycles. The first-order valence-corrected chi connectivity index (χ1v) is 12.6. The lowest BCUT2D eigenvalue weighted by Crippen LogP contribution is -2.26. The van der Waals surface area contributed by atoms with Crippen LogP contribution in [-0.2, 0) is 14.4 Å². The summed E-state index contributed by atoms with van der Waals surface area (Å²) >= 11 is 1.51. The lowest BCUT2D eigenvalue weighted by molar-refractivity contribution is -0.121. The number of nitrogens with two attached hydrogens (primary N) is 3. The summed E-state index contributed by atoms with van der Waals surface area (Å²) in [7, 11) is 1.94. The van der Waals surface area contributed by atoms with Gasteiger partial charge in [-0.15, -0.1) is 11.8 Å². The number of hydrogen-bond acceptors (Lipinski definition) is 7. The number of amides is 2. The zero-order valence-electron chi connectivity index (χ0n) is 21.8. The van der Waals surface area contributed by atoms with E-state index >= 15 is 0 Å². The van der Waals surface area contributed by atoms with E-state index in [1.165, 1.54) is 18.7 Å². The number of carbonyl (C=O) groups is 3. The molecule has 0 aromatic rings. The molecule has 0 aromatic carbocycles. The summed E-state index contributed by atoms with van der Waals surface area (Å²) in [6.45, 7) is 15.4. The number of nitrogens with zero attached hydrogens (tertiary/aromatic N) is 1. The Morgan fingerprint density at radius 2 is 1.62 bits per heavy atom. The van der Waals surface area contributed by atoms with Gasteiger partial charge >= 0.3 is 0 Å². The number of primary amides is 1. The lowest BCUT2D eigenvalue weighted by atomic mass is 10.1. The highest BCUT2D eigenvalue weighted by Gasteiger charge is 2.11. The maximum absolute atomic E-state index is 10.8. The molecule has 0 heterocycles. The number of amidine groups is 1. The van der Waals surface area contributed by atoms with Gasteiger partial charge in [0.2, 0.25) is 11.8 Å². The van der Waals surface area contributed by atoms with Gasteiger partial charge in [-0.25, -0.2) is 0 Å². The van der Waals surface area contributed by atoms with E-state index in [-0.39, 0.29) is 17.7 Å². The van der Waals surface area contributed by atoms with Crippen LogP contribution < -0.4 is 27.8 Å². The largest absolute Gasteiger partial charge is 0.386 e. The molecule has 10 heteroatoms. The van der Waals surface area contributed by atoms with Crippen molar-refractivity contribution in [3.63, 3.8) is 0 Å². The van der Waals surface area contributed by atoms with Gasteiger partial charge in [-0.3, -0.25) is 14.6 Å². The van der Waals surface area contributed by atoms with Crippen molar-refractivity contribution in [1.29, 1.82) is 0 Å². The first kappa shape index (κ1) is 40.7. The standard InChI is InChI=1S/C8H16N2O2S.C7H18N4.C3H6O.2C2H6/c1-3-7(8(9)12)4-13-5-10-6(2)11;1-10-4-2-3-5-11-7(9)6-8;1-2-3-4;2*1-2/h7H,3-5H2,1-2H3,(H2,9,12)(H,10,11);10H,2-6,8H2,1H3,(H2,9,11);3H,2H2,1H3;2*1-2H3. The first-order chi connectivity index (χ1) is 15.3. The number of unbranched alkanes of at least 4 members (excludes halogenated alkanes) is 1. The van der Waals surface area contributed by atoms with Crippen LogP contribution in [-0.4, -0.2) is 62.2 Å². The molecule has 1 atom stereocenters. The van der Waals surface area contributed by atoms with Crippen LogP contribution in [0.3, 0.4) is 0 Å². The predicted octanol–water partition coefficient (Wildman–Crippen LogP) is 2.27. The molecular formula is C22H52N6O3S. The Morgan fingerprint density at radius 1 is 1.09 bits per heavy atom. The summed E-state index contributed by atoms with van der Waals surface area (Å²) in [6, 6.07) is 0. The van der Waals surface area contributed by atoms with Crippen molar-refractivity contribution < 1.29 is 14.4 Å². The van der Waals surface area contributed by atoms with Crippen LogP contribution in [0.25, 0.3) is 0 Å². The van der Waals surface area contributed by atoms with E-state index in [4.69, 9.17) is 17.2 Å². The highest BCUT2D eigenvalue weighted by atomic mass is 32.2. The first-order valence-electron chi connectivity index (χ1n) is 11.5. The van der Waals surface area contributed by atoms with E-state index in [1.54, 1.807) is 0 Å². The minimum absolute atomic E-state index is 0.0559. The number of hydrogen-bond donors (Lipinski definition) is 5. The van der Waals surface area contributed by atoms with Gasteiger partial charge in [-0.05, 0) is 32.9 Å². The quantitative estimate of drug-likeness (QED) is 0.0886. The molecule has 0 saturated carbocycles. The number of carbonyl (C=O) groups excluding carboxylic acids is 3. The van der Waals surface area contributed by atoms with Gasteiger partial charge in [0.1, 0.15) is 12.1 Å². The molecule has 194 valence electrons. The number of aldehydes is 1. The minimum Gasteiger partial charge on any atom is -0.386 e. The van der Waals surface area contributed by atoms with Crippen molar-refractivity contribution in [2.24, 2.45) is 28.1 Å². The zero-order valence-corrected chi connectivity index (χ0v) is 22.6. The molecular weight excluding hydrogens is 428 g/mol. The smallest absolute Gasteiger partial charge is 0.221 e. The highest BCUT2D eigenvalue weighted by Crippen LogP contribution is 2.10. The topological polar surface area (TPSA) is 166 Å². The van der Waals surface area contributed by atoms with Gasteiger partial charge in [0.25, 0.3) is 0 Å². The molecule has 32 heavy (non-hydrogen) atoms. The molecule has 0 rings (SSSR count). The van der Waals surface area contributed by atoms with Gasteiger partial charge in [0.15, 0.2) is 0 Å². The van der Waals surface area contributed by atoms with Crippen molar-refractivity contribution >= 4 is 35.7 Å². The molecule has 0 aliphatic rings. The van der Waals surface area contributed by atoms with Gasteiger partial charge in [0, 0.05) is 31.6 Å². The molecule has 0 aliphatic carbocycles. The fourth-order valence-corrected chi connectivity index (χ4v) is 2.56. The Morgan fingerprint density at radius 3 is 1.97 bits per heavy atom. The van der Waals surface area contributed by atoms with Crippen molar-refractivity contribution in [3.05, 3.63) is 0 Å². The van der Waals surface area contributed by atoms with Crippen LogP contribution >= 0.6 is 11.8 Å². The second-order valence-corrected chi connectivity index (χ2v) is 6.75. The Labute approximate surface area is 201 Å². The summed E-state index contributed by atoms with van der Waals surface area (Å²) in [4.78, 5) is 34.5. The molecule has 0 radical (unpaired) electrons. The second-order valence-electron chi connectivity index (χ2n) is 5.72. The molecule has 0 aromatic heterocycles. The van der Waals surface area contributed by atoms with Crippen LogP contribution in [0, 0.1) is 5.92 Å². The third kappa shape index (κ3) is 46.5. The summed E-state index contributed by atoms with van der Waals surface area (Å²) in [5.74, 6) is 1.36. The second kappa shape index (κ2) is 39.8. The summed E-state index contributed by atoms with van der Waals surface area (Å²) in [5.41, 5.74) is 15.8. The summed E-state index contributed by atoms with van der Waals surface area (Å²) in [6.07, 6.45) is 4.47. The molecule has 9 nitrogen and oxygen atoms in total. The molecule has 0 fully saturated rings. The number of thioether (sulfide) groups is 1. The molecule has 0 aliphatic heterocycles. The maximum Gasteiger partial charge on any atom is 0.221 e. The van der Waals surface area contributed by atoms with E-state index in [9.17, 15) is 14.4 Å².